The molecule has 6 nitrogen and oxygen atoms in total. The van der Waals surface area contributed by atoms with Crippen LogP contribution in [-0.4, -0.2) is 22.9 Å². The molecule has 0 bridgehead atoms. The van der Waals surface area contributed by atoms with Crippen LogP contribution in [0.25, 0.3) is 27.8 Å². The fourth-order valence-corrected chi connectivity index (χ4v) is 5.40. The number of esters is 1. The monoisotopic (exact) mass is 562 g/mol. The second kappa shape index (κ2) is 10.8. The van der Waals surface area contributed by atoms with Gasteiger partial charge in [-0.05, 0) is 78.4 Å². The fourth-order valence-electron chi connectivity index (χ4n) is 4.84. The van der Waals surface area contributed by atoms with Crippen LogP contribution < -0.4 is 4.74 Å². The maximum absolute atomic E-state index is 12.2. The average molecular weight is 563 g/mol. The molecule has 0 aliphatic heterocycles. The van der Waals surface area contributed by atoms with E-state index in [2.05, 4.69) is 18.9 Å². The number of carbonyl (C=O) groups is 1. The van der Waals surface area contributed by atoms with Crippen molar-refractivity contribution in [3.63, 3.8) is 0 Å². The Kier molecular flexibility index (Phi) is 7.43. The summed E-state index contributed by atoms with van der Waals surface area (Å²) >= 11 is 13.0. The summed E-state index contributed by atoms with van der Waals surface area (Å²) in [6.07, 6.45) is 1.84. The van der Waals surface area contributed by atoms with Gasteiger partial charge in [-0.1, -0.05) is 55.2 Å². The number of hydrogen-bond acceptors (Lipinski definition) is 5. The van der Waals surface area contributed by atoms with Crippen molar-refractivity contribution in [1.29, 1.82) is 0 Å². The third kappa shape index (κ3) is 5.02. The summed E-state index contributed by atoms with van der Waals surface area (Å²) < 4.78 is 18.8. The Morgan fingerprint density at radius 1 is 1.05 bits per heavy atom. The molecule has 200 valence electrons. The maximum Gasteiger partial charge on any atom is 0.342 e. The summed E-state index contributed by atoms with van der Waals surface area (Å²) in [5.41, 5.74) is 6.73. The third-order valence-electron chi connectivity index (χ3n) is 6.81. The van der Waals surface area contributed by atoms with Crippen LogP contribution in [-0.2, 0) is 11.3 Å². The molecule has 0 spiro atoms. The van der Waals surface area contributed by atoms with Crippen LogP contribution >= 0.6 is 23.2 Å². The van der Waals surface area contributed by atoms with Gasteiger partial charge in [0.05, 0.1) is 29.0 Å². The van der Waals surface area contributed by atoms with Gasteiger partial charge in [0, 0.05) is 5.39 Å². The van der Waals surface area contributed by atoms with Crippen LogP contribution in [0.5, 0.6) is 5.75 Å². The fraction of sp³-hybridized carbons (Fsp3) is 0.226. The molecule has 5 aromatic rings. The van der Waals surface area contributed by atoms with Crippen LogP contribution in [0.1, 0.15) is 52.7 Å². The number of carbonyl (C=O) groups excluding carboxylic acids is 1. The molecule has 2 aromatic heterocycles. The topological polar surface area (TPSA) is 66.5 Å². The maximum atomic E-state index is 12.2. The number of halogens is 2. The van der Waals surface area contributed by atoms with Gasteiger partial charge < -0.3 is 13.9 Å². The van der Waals surface area contributed by atoms with E-state index in [-0.39, 0.29) is 5.92 Å². The molecule has 0 saturated heterocycles. The van der Waals surface area contributed by atoms with E-state index in [0.29, 0.717) is 39.2 Å². The van der Waals surface area contributed by atoms with Gasteiger partial charge in [-0.25, -0.2) is 9.48 Å². The van der Waals surface area contributed by atoms with Crippen molar-refractivity contribution >= 4 is 40.1 Å². The lowest BCUT2D eigenvalue weighted by Gasteiger charge is -2.15. The van der Waals surface area contributed by atoms with Gasteiger partial charge in [-0.2, -0.15) is 5.10 Å². The highest BCUT2D eigenvalue weighted by atomic mass is 35.5. The zero-order valence-corrected chi connectivity index (χ0v) is 23.9. The number of rotatable bonds is 7. The van der Waals surface area contributed by atoms with E-state index < -0.39 is 5.97 Å². The molecular formula is C31H28Cl2N2O4. The number of para-hydroxylation sites is 1. The van der Waals surface area contributed by atoms with E-state index in [9.17, 15) is 4.79 Å². The van der Waals surface area contributed by atoms with E-state index in [1.165, 1.54) is 7.11 Å². The normalized spacial score (nSPS) is 11.4. The molecule has 2 heterocycles. The summed E-state index contributed by atoms with van der Waals surface area (Å²) in [7, 11) is 1.37. The van der Waals surface area contributed by atoms with Gasteiger partial charge in [0.25, 0.3) is 0 Å². The van der Waals surface area contributed by atoms with Crippen molar-refractivity contribution in [3.8, 4) is 22.6 Å². The summed E-state index contributed by atoms with van der Waals surface area (Å²) in [4.78, 5) is 12.2. The van der Waals surface area contributed by atoms with Crippen LogP contribution in [0, 0.1) is 13.8 Å². The zero-order chi connectivity index (χ0) is 27.8. The van der Waals surface area contributed by atoms with E-state index in [0.717, 1.165) is 39.1 Å². The lowest BCUT2D eigenvalue weighted by atomic mass is 9.99. The highest BCUT2D eigenvalue weighted by Gasteiger charge is 2.21. The van der Waals surface area contributed by atoms with Gasteiger partial charge in [-0.15, -0.1) is 0 Å². The minimum Gasteiger partial charge on any atom is -0.487 e. The minimum atomic E-state index is -0.407. The lowest BCUT2D eigenvalue weighted by molar-refractivity contribution is 0.0600. The van der Waals surface area contributed by atoms with Crippen molar-refractivity contribution in [3.05, 3.63) is 99.0 Å². The smallest absolute Gasteiger partial charge is 0.342 e. The van der Waals surface area contributed by atoms with Crippen molar-refractivity contribution < 1.29 is 18.7 Å². The predicted octanol–water partition coefficient (Wildman–Crippen LogP) is 8.70. The van der Waals surface area contributed by atoms with Crippen LogP contribution in [0.4, 0.5) is 0 Å². The first-order valence-electron chi connectivity index (χ1n) is 12.6. The summed E-state index contributed by atoms with van der Waals surface area (Å²) in [6.45, 7) is 8.32. The molecule has 0 N–H and O–H groups in total. The quantitative estimate of drug-likeness (QED) is 0.185. The summed E-state index contributed by atoms with van der Waals surface area (Å²) in [6, 6.07) is 17.2. The Balaban J connectivity index is 1.43. The molecule has 0 saturated carbocycles. The van der Waals surface area contributed by atoms with E-state index in [1.807, 2.05) is 55.6 Å². The van der Waals surface area contributed by atoms with E-state index >= 15 is 0 Å². The molecule has 0 aliphatic carbocycles. The van der Waals surface area contributed by atoms with Gasteiger partial charge in [-0.3, -0.25) is 0 Å². The molecule has 5 rings (SSSR count). The standard InChI is InChI=1S/C31H28Cl2N2O4/c1-17(2)24-15-34-35(30-25(32)7-6-8-26(30)33)27(24)16-38-21-10-12-22(18(3)13-21)20-9-11-23-28(14-20)39-19(4)29(23)31(36)37-5/h6-15,17H,16H2,1-5H3. The van der Waals surface area contributed by atoms with Crippen molar-refractivity contribution in [2.24, 2.45) is 0 Å². The zero-order valence-electron chi connectivity index (χ0n) is 22.3. The molecule has 0 fully saturated rings. The molecule has 39 heavy (non-hydrogen) atoms. The van der Waals surface area contributed by atoms with Gasteiger partial charge in [0.15, 0.2) is 0 Å². The lowest BCUT2D eigenvalue weighted by Crippen LogP contribution is -2.09. The molecule has 0 atom stereocenters. The van der Waals surface area contributed by atoms with Crippen molar-refractivity contribution in [1.82, 2.24) is 9.78 Å². The van der Waals surface area contributed by atoms with Gasteiger partial charge >= 0.3 is 5.97 Å². The molecule has 0 radical (unpaired) electrons. The number of hydrogen-bond donors (Lipinski definition) is 0. The molecule has 8 heteroatoms. The van der Waals surface area contributed by atoms with Crippen LogP contribution in [0.2, 0.25) is 10.0 Å². The Morgan fingerprint density at radius 3 is 2.46 bits per heavy atom. The van der Waals surface area contributed by atoms with Crippen LogP contribution in [0.3, 0.4) is 0 Å². The molecule has 0 unspecified atom stereocenters. The first kappa shape index (κ1) is 26.9. The second-order valence-electron chi connectivity index (χ2n) is 9.68. The Labute approximate surface area is 237 Å². The van der Waals surface area contributed by atoms with E-state index in [4.69, 9.17) is 37.1 Å². The van der Waals surface area contributed by atoms with Crippen molar-refractivity contribution in [2.45, 2.75) is 40.2 Å². The number of aryl methyl sites for hydroxylation is 2. The minimum absolute atomic E-state index is 0.238. The number of benzene rings is 3. The number of ether oxygens (including phenoxy) is 2. The molecule has 0 aliphatic rings. The third-order valence-corrected chi connectivity index (χ3v) is 7.42. The highest BCUT2D eigenvalue weighted by molar-refractivity contribution is 6.37. The Hall–Kier alpha value is -3.74. The van der Waals surface area contributed by atoms with Crippen LogP contribution in [0.15, 0.2) is 65.2 Å². The second-order valence-corrected chi connectivity index (χ2v) is 10.5. The Bertz CT molecular complexity index is 1680. The summed E-state index contributed by atoms with van der Waals surface area (Å²) in [5.74, 6) is 1.09. The summed E-state index contributed by atoms with van der Waals surface area (Å²) in [5, 5.41) is 6.36. The number of methoxy groups -OCH3 is 1. The first-order chi connectivity index (χ1) is 18.7. The number of nitrogens with zero attached hydrogens (tertiary/aromatic N) is 2. The average Bonchev–Trinajstić information content (AvgIpc) is 3.46. The van der Waals surface area contributed by atoms with Crippen molar-refractivity contribution in [2.75, 3.05) is 7.11 Å². The molecule has 3 aromatic carbocycles. The Morgan fingerprint density at radius 2 is 1.79 bits per heavy atom. The van der Waals surface area contributed by atoms with Gasteiger partial charge in [0.2, 0.25) is 0 Å². The van der Waals surface area contributed by atoms with Gasteiger partial charge in [0.1, 0.15) is 35.0 Å². The largest absolute Gasteiger partial charge is 0.487 e. The number of fused-ring (bicyclic) bond motifs is 1. The highest BCUT2D eigenvalue weighted by Crippen LogP contribution is 2.35. The molecular weight excluding hydrogens is 535 g/mol. The number of furan rings is 1. The van der Waals surface area contributed by atoms with E-state index in [1.54, 1.807) is 23.7 Å². The number of aromatic nitrogens is 2. The predicted molar refractivity (Wildman–Crippen MR) is 154 cm³/mol. The first-order valence-corrected chi connectivity index (χ1v) is 13.3. The molecule has 0 amide bonds. The SMILES string of the molecule is COC(=O)c1c(C)oc2cc(-c3ccc(OCc4c(C(C)C)cnn4-c4c(Cl)cccc4Cl)cc3C)ccc12.